The van der Waals surface area contributed by atoms with Crippen LogP contribution >= 0.6 is 0 Å². The molecule has 2 amide bonds. The van der Waals surface area contributed by atoms with Crippen molar-refractivity contribution in [3.8, 4) is 0 Å². The summed E-state index contributed by atoms with van der Waals surface area (Å²) in [4.78, 5) is 10.5. The molecule has 1 aromatic carbocycles. The maximum atomic E-state index is 10.5. The Hall–Kier alpha value is -2.04. The number of H-pyrrole nitrogens is 1. The fourth-order valence-corrected chi connectivity index (χ4v) is 1.14. The summed E-state index contributed by atoms with van der Waals surface area (Å²) in [5, 5.41) is 10.9. The molecule has 2 rings (SSSR count). The number of para-hydroxylation sites is 1. The van der Waals surface area contributed by atoms with E-state index in [1.54, 1.807) is 0 Å². The van der Waals surface area contributed by atoms with Gasteiger partial charge in [0.1, 0.15) is 0 Å². The Morgan fingerprint density at radius 1 is 1.46 bits per heavy atom. The number of rotatable bonds is 1. The Labute approximate surface area is 73.9 Å². The highest BCUT2D eigenvalue weighted by atomic mass is 16.2. The summed E-state index contributed by atoms with van der Waals surface area (Å²) in [6, 6.07) is 6.65. The molecular formula is C8H7N4O. The minimum atomic E-state index is -0.739. The van der Waals surface area contributed by atoms with Gasteiger partial charge in [-0.2, -0.15) is 10.4 Å². The largest absolute Gasteiger partial charge is 0.350 e. The van der Waals surface area contributed by atoms with Crippen LogP contribution in [0.2, 0.25) is 0 Å². The third-order valence-electron chi connectivity index (χ3n) is 1.67. The van der Waals surface area contributed by atoms with Crippen molar-refractivity contribution in [2.45, 2.75) is 0 Å². The molecule has 1 aromatic heterocycles. The molecule has 65 valence electrons. The van der Waals surface area contributed by atoms with E-state index in [4.69, 9.17) is 5.73 Å². The fourth-order valence-electron chi connectivity index (χ4n) is 1.14. The zero-order chi connectivity index (χ0) is 9.26. The molecular weight excluding hydrogens is 168 g/mol. The highest BCUT2D eigenvalue weighted by molar-refractivity contribution is 5.92. The summed E-state index contributed by atoms with van der Waals surface area (Å²) in [5.74, 6) is 0.336. The number of primary amides is 1. The van der Waals surface area contributed by atoms with Gasteiger partial charge in [0.15, 0.2) is 5.82 Å². The number of nitrogens with zero attached hydrogens (tertiary/aromatic N) is 2. The molecule has 5 nitrogen and oxygen atoms in total. The highest BCUT2D eigenvalue weighted by Gasteiger charge is 2.07. The Morgan fingerprint density at radius 2 is 2.23 bits per heavy atom. The standard InChI is InChI=1S/C8H7N4O/c9-8(13)10-7-5-3-1-2-4-6(5)11-12-7/h1-4H,(H2,9,13)(H,11,12). The van der Waals surface area contributed by atoms with Crippen LogP contribution in [0.15, 0.2) is 24.3 Å². The smallest absolute Gasteiger partial charge is 0.340 e. The van der Waals surface area contributed by atoms with E-state index >= 15 is 0 Å². The number of nitrogens with one attached hydrogen (secondary N) is 1. The summed E-state index contributed by atoms with van der Waals surface area (Å²) in [6.07, 6.45) is 0. The lowest BCUT2D eigenvalue weighted by Gasteiger charge is -1.91. The van der Waals surface area contributed by atoms with Gasteiger partial charge in [-0.05, 0) is 12.1 Å². The number of fused-ring (bicyclic) bond motifs is 1. The lowest BCUT2D eigenvalue weighted by atomic mass is 10.2. The quantitative estimate of drug-likeness (QED) is 0.673. The van der Waals surface area contributed by atoms with Gasteiger partial charge in [0.25, 0.3) is 0 Å². The molecule has 2 aromatic rings. The van der Waals surface area contributed by atoms with Crippen LogP contribution in [0, 0.1) is 0 Å². The van der Waals surface area contributed by atoms with E-state index in [1.165, 1.54) is 0 Å². The molecule has 0 atom stereocenters. The second kappa shape index (κ2) is 2.78. The normalized spacial score (nSPS) is 10.2. The summed E-state index contributed by atoms with van der Waals surface area (Å²) in [6.45, 7) is 0. The van der Waals surface area contributed by atoms with Crippen molar-refractivity contribution in [1.29, 1.82) is 0 Å². The Balaban J connectivity index is 2.51. The van der Waals surface area contributed by atoms with Gasteiger partial charge in [-0.1, -0.05) is 12.1 Å². The first-order valence-electron chi connectivity index (χ1n) is 3.71. The number of hydrogen-bond acceptors (Lipinski definition) is 2. The molecule has 5 heteroatoms. The average Bonchev–Trinajstić information content (AvgIpc) is 2.48. The van der Waals surface area contributed by atoms with E-state index in [0.717, 1.165) is 10.9 Å². The van der Waals surface area contributed by atoms with Gasteiger partial charge in [-0.25, -0.2) is 4.79 Å². The number of benzene rings is 1. The minimum absolute atomic E-state index is 0.336. The van der Waals surface area contributed by atoms with E-state index in [1.807, 2.05) is 24.3 Å². The van der Waals surface area contributed by atoms with Crippen LogP contribution < -0.4 is 11.1 Å². The number of nitrogens with two attached hydrogens (primary N) is 1. The van der Waals surface area contributed by atoms with Gasteiger partial charge in [-0.3, -0.25) is 5.10 Å². The number of aromatic amines is 1. The van der Waals surface area contributed by atoms with Crippen molar-refractivity contribution in [1.82, 2.24) is 15.5 Å². The predicted molar refractivity (Wildman–Crippen MR) is 47.5 cm³/mol. The van der Waals surface area contributed by atoms with E-state index in [2.05, 4.69) is 15.5 Å². The van der Waals surface area contributed by atoms with Crippen molar-refractivity contribution in [2.75, 3.05) is 0 Å². The van der Waals surface area contributed by atoms with Crippen LogP contribution in [0.4, 0.5) is 10.6 Å². The molecule has 0 bridgehead atoms. The SMILES string of the molecule is NC(=O)[N]c1n[nH]c2ccccc12. The number of urea groups is 1. The van der Waals surface area contributed by atoms with Crippen LogP contribution in [-0.4, -0.2) is 16.2 Å². The van der Waals surface area contributed by atoms with E-state index < -0.39 is 6.03 Å². The molecule has 1 heterocycles. The number of carbonyl (C=O) groups is 1. The number of carbonyl (C=O) groups excluding carboxylic acids is 1. The highest BCUT2D eigenvalue weighted by Crippen LogP contribution is 2.18. The molecule has 0 fully saturated rings. The zero-order valence-corrected chi connectivity index (χ0v) is 6.69. The molecule has 0 saturated heterocycles. The van der Waals surface area contributed by atoms with Gasteiger partial charge in [0.2, 0.25) is 0 Å². The third kappa shape index (κ3) is 1.31. The van der Waals surface area contributed by atoms with Crippen LogP contribution in [0.3, 0.4) is 0 Å². The molecule has 0 unspecified atom stereocenters. The molecule has 0 aliphatic heterocycles. The molecule has 3 N–H and O–H groups in total. The van der Waals surface area contributed by atoms with Crippen molar-refractivity contribution in [3.05, 3.63) is 24.3 Å². The summed E-state index contributed by atoms with van der Waals surface area (Å²) >= 11 is 0. The first-order chi connectivity index (χ1) is 6.27. The van der Waals surface area contributed by atoms with Crippen LogP contribution in [0.5, 0.6) is 0 Å². The van der Waals surface area contributed by atoms with Gasteiger partial charge >= 0.3 is 6.03 Å². The molecule has 0 spiro atoms. The molecule has 0 aliphatic carbocycles. The van der Waals surface area contributed by atoms with Crippen molar-refractivity contribution in [2.24, 2.45) is 5.73 Å². The Morgan fingerprint density at radius 3 is 3.00 bits per heavy atom. The average molecular weight is 175 g/mol. The summed E-state index contributed by atoms with van der Waals surface area (Å²) < 4.78 is 0. The Kier molecular flexibility index (Phi) is 1.63. The first kappa shape index (κ1) is 7.60. The van der Waals surface area contributed by atoms with Gasteiger partial charge in [0.05, 0.1) is 5.52 Å². The van der Waals surface area contributed by atoms with Crippen LogP contribution in [0.25, 0.3) is 10.9 Å². The number of amides is 2. The predicted octanol–water partition coefficient (Wildman–Crippen LogP) is 0.877. The molecule has 0 aliphatic rings. The molecule has 1 radical (unpaired) electrons. The molecule has 13 heavy (non-hydrogen) atoms. The monoisotopic (exact) mass is 175 g/mol. The maximum absolute atomic E-state index is 10.5. The summed E-state index contributed by atoms with van der Waals surface area (Å²) in [7, 11) is 0. The second-order valence-corrected chi connectivity index (χ2v) is 2.54. The van der Waals surface area contributed by atoms with Crippen molar-refractivity contribution in [3.63, 3.8) is 0 Å². The third-order valence-corrected chi connectivity index (χ3v) is 1.67. The maximum Gasteiger partial charge on any atom is 0.340 e. The first-order valence-corrected chi connectivity index (χ1v) is 3.71. The summed E-state index contributed by atoms with van der Waals surface area (Å²) in [5.41, 5.74) is 5.75. The topological polar surface area (TPSA) is 85.9 Å². The zero-order valence-electron chi connectivity index (χ0n) is 6.69. The van der Waals surface area contributed by atoms with Crippen LogP contribution in [-0.2, 0) is 0 Å². The van der Waals surface area contributed by atoms with E-state index in [-0.39, 0.29) is 0 Å². The van der Waals surface area contributed by atoms with Crippen molar-refractivity contribution >= 4 is 22.8 Å². The number of aromatic nitrogens is 2. The lowest BCUT2D eigenvalue weighted by Crippen LogP contribution is -2.18. The van der Waals surface area contributed by atoms with Gasteiger partial charge in [0, 0.05) is 5.39 Å². The van der Waals surface area contributed by atoms with Gasteiger partial charge in [-0.15, -0.1) is 0 Å². The molecule has 0 saturated carbocycles. The lowest BCUT2D eigenvalue weighted by molar-refractivity contribution is 0.251. The van der Waals surface area contributed by atoms with Crippen LogP contribution in [0.1, 0.15) is 0 Å². The van der Waals surface area contributed by atoms with E-state index in [9.17, 15) is 4.79 Å². The van der Waals surface area contributed by atoms with Crippen molar-refractivity contribution < 1.29 is 4.79 Å². The second-order valence-electron chi connectivity index (χ2n) is 2.54. The Bertz CT molecular complexity index is 448. The minimum Gasteiger partial charge on any atom is -0.350 e. The fraction of sp³-hybridized carbons (Fsp3) is 0. The number of hydrogen-bond donors (Lipinski definition) is 2. The van der Waals surface area contributed by atoms with Gasteiger partial charge < -0.3 is 5.73 Å². The van der Waals surface area contributed by atoms with E-state index in [0.29, 0.717) is 5.82 Å².